The predicted octanol–water partition coefficient (Wildman–Crippen LogP) is 1.89. The normalized spacial score (nSPS) is 11.8. The number of amides is 1. The van der Waals surface area contributed by atoms with Crippen LogP contribution in [-0.4, -0.2) is 49.5 Å². The molecule has 0 N–H and O–H groups in total. The average molecular weight is 289 g/mol. The second-order valence-corrected chi connectivity index (χ2v) is 5.11. The van der Waals surface area contributed by atoms with Crippen molar-refractivity contribution in [2.45, 2.75) is 25.9 Å². The van der Waals surface area contributed by atoms with Crippen LogP contribution < -0.4 is 4.74 Å². The summed E-state index contributed by atoms with van der Waals surface area (Å²) in [6.07, 6.45) is 0.358. The molecule has 1 rings (SSSR count). The number of ether oxygens (including phenoxy) is 1. The van der Waals surface area contributed by atoms with Gasteiger partial charge in [-0.3, -0.25) is 9.69 Å². The Labute approximate surface area is 126 Å². The van der Waals surface area contributed by atoms with Crippen LogP contribution in [0.4, 0.5) is 0 Å². The number of methoxy groups -OCH3 is 1. The molecule has 1 amide bonds. The maximum atomic E-state index is 12.2. The number of rotatable bonds is 7. The Morgan fingerprint density at radius 3 is 2.48 bits per heavy atom. The fourth-order valence-corrected chi connectivity index (χ4v) is 1.99. The minimum atomic E-state index is -0.226. The second kappa shape index (κ2) is 8.28. The summed E-state index contributed by atoms with van der Waals surface area (Å²) < 4.78 is 5.13. The highest BCUT2D eigenvalue weighted by Gasteiger charge is 2.21. The topological polar surface area (TPSA) is 56.6 Å². The van der Waals surface area contributed by atoms with Crippen LogP contribution >= 0.6 is 0 Å². The molecule has 0 aromatic heterocycles. The monoisotopic (exact) mass is 289 g/mol. The van der Waals surface area contributed by atoms with Crippen molar-refractivity contribution in [2.24, 2.45) is 0 Å². The first-order chi connectivity index (χ1) is 9.99. The number of hydrogen-bond acceptors (Lipinski definition) is 4. The molecular formula is C16H23N3O2. The summed E-state index contributed by atoms with van der Waals surface area (Å²) in [7, 11) is 5.29. The van der Waals surface area contributed by atoms with E-state index in [1.54, 1.807) is 19.1 Å². The first-order valence-electron chi connectivity index (χ1n) is 6.94. The molecule has 1 atom stereocenters. The van der Waals surface area contributed by atoms with Gasteiger partial charge in [-0.05, 0) is 31.7 Å². The van der Waals surface area contributed by atoms with Gasteiger partial charge in [0.05, 0.1) is 25.6 Å². The average Bonchev–Trinajstić information content (AvgIpc) is 2.51. The summed E-state index contributed by atoms with van der Waals surface area (Å²) in [5.74, 6) is 0.850. The fraction of sp³-hybridized carbons (Fsp3) is 0.500. The molecule has 21 heavy (non-hydrogen) atoms. The highest BCUT2D eigenvalue weighted by Crippen LogP contribution is 2.14. The van der Waals surface area contributed by atoms with E-state index >= 15 is 0 Å². The van der Waals surface area contributed by atoms with Crippen LogP contribution in [-0.2, 0) is 11.3 Å². The van der Waals surface area contributed by atoms with Gasteiger partial charge in [-0.25, -0.2) is 0 Å². The highest BCUT2D eigenvalue weighted by molar-refractivity contribution is 5.81. The molecule has 0 saturated carbocycles. The fourth-order valence-electron chi connectivity index (χ4n) is 1.99. The number of hydrogen-bond donors (Lipinski definition) is 0. The van der Waals surface area contributed by atoms with Crippen molar-refractivity contribution in [2.75, 3.05) is 27.7 Å². The van der Waals surface area contributed by atoms with Crippen molar-refractivity contribution in [1.82, 2.24) is 9.80 Å². The minimum Gasteiger partial charge on any atom is -0.497 e. The molecule has 5 nitrogen and oxygen atoms in total. The van der Waals surface area contributed by atoms with Crippen molar-refractivity contribution in [3.05, 3.63) is 29.8 Å². The standard InChI is InChI=1S/C16H23N3O2/c1-13(16(20)18(2)11-5-10-17)19(3)12-14-6-8-15(21-4)9-7-14/h6-9,13H,5,11-12H2,1-4H3. The summed E-state index contributed by atoms with van der Waals surface area (Å²) in [4.78, 5) is 15.8. The molecule has 0 aliphatic heterocycles. The molecule has 0 saturated heterocycles. The smallest absolute Gasteiger partial charge is 0.239 e. The Balaban J connectivity index is 2.58. The van der Waals surface area contributed by atoms with Gasteiger partial charge < -0.3 is 9.64 Å². The molecule has 0 heterocycles. The lowest BCUT2D eigenvalue weighted by Gasteiger charge is -2.27. The van der Waals surface area contributed by atoms with E-state index in [0.29, 0.717) is 19.5 Å². The number of nitrogens with zero attached hydrogens (tertiary/aromatic N) is 3. The van der Waals surface area contributed by atoms with Crippen LogP contribution in [0.25, 0.3) is 0 Å². The SMILES string of the molecule is COc1ccc(CN(C)C(C)C(=O)N(C)CCC#N)cc1. The second-order valence-electron chi connectivity index (χ2n) is 5.11. The molecule has 1 aromatic carbocycles. The molecule has 0 radical (unpaired) electrons. The lowest BCUT2D eigenvalue weighted by Crippen LogP contribution is -2.44. The van der Waals surface area contributed by atoms with Crippen molar-refractivity contribution in [1.29, 1.82) is 5.26 Å². The zero-order valence-corrected chi connectivity index (χ0v) is 13.2. The molecule has 1 unspecified atom stereocenters. The van der Waals surface area contributed by atoms with Crippen LogP contribution in [0.1, 0.15) is 18.9 Å². The van der Waals surface area contributed by atoms with Gasteiger partial charge in [-0.2, -0.15) is 5.26 Å². The van der Waals surface area contributed by atoms with Crippen molar-refractivity contribution in [3.63, 3.8) is 0 Å². The van der Waals surface area contributed by atoms with Gasteiger partial charge in [0.25, 0.3) is 0 Å². The Hall–Kier alpha value is -2.06. The van der Waals surface area contributed by atoms with E-state index in [-0.39, 0.29) is 11.9 Å². The number of likely N-dealkylation sites (N-methyl/N-ethyl adjacent to an activating group) is 2. The molecule has 0 spiro atoms. The number of benzene rings is 1. The summed E-state index contributed by atoms with van der Waals surface area (Å²) in [6, 6.07) is 9.63. The van der Waals surface area contributed by atoms with Crippen LogP contribution in [0, 0.1) is 11.3 Å². The summed E-state index contributed by atoms with van der Waals surface area (Å²) in [5, 5.41) is 8.57. The molecule has 114 valence electrons. The molecule has 0 bridgehead atoms. The van der Waals surface area contributed by atoms with Crippen molar-refractivity contribution >= 4 is 5.91 Å². The quantitative estimate of drug-likeness (QED) is 0.769. The van der Waals surface area contributed by atoms with Crippen LogP contribution in [0.5, 0.6) is 5.75 Å². The maximum Gasteiger partial charge on any atom is 0.239 e. The molecule has 0 aliphatic rings. The largest absolute Gasteiger partial charge is 0.497 e. The lowest BCUT2D eigenvalue weighted by atomic mass is 10.1. The third kappa shape index (κ3) is 5.09. The van der Waals surface area contributed by atoms with E-state index in [1.165, 1.54) is 0 Å². The van der Waals surface area contributed by atoms with Crippen LogP contribution in [0.2, 0.25) is 0 Å². The number of carbonyl (C=O) groups excluding carboxylic acids is 1. The van der Waals surface area contributed by atoms with Gasteiger partial charge in [0.2, 0.25) is 5.91 Å². The minimum absolute atomic E-state index is 0.0289. The van der Waals surface area contributed by atoms with Gasteiger partial charge in [-0.15, -0.1) is 0 Å². The van der Waals surface area contributed by atoms with Gasteiger partial charge >= 0.3 is 0 Å². The van der Waals surface area contributed by atoms with Gasteiger partial charge in [-0.1, -0.05) is 12.1 Å². The van der Waals surface area contributed by atoms with E-state index in [0.717, 1.165) is 11.3 Å². The molecule has 5 heteroatoms. The van der Waals surface area contributed by atoms with E-state index in [4.69, 9.17) is 10.00 Å². The number of carbonyl (C=O) groups is 1. The third-order valence-electron chi connectivity index (χ3n) is 3.54. The van der Waals surface area contributed by atoms with E-state index in [1.807, 2.05) is 43.1 Å². The van der Waals surface area contributed by atoms with E-state index in [2.05, 4.69) is 6.07 Å². The first kappa shape index (κ1) is 17.0. The van der Waals surface area contributed by atoms with Gasteiger partial charge in [0.1, 0.15) is 5.75 Å². The van der Waals surface area contributed by atoms with Gasteiger partial charge in [0, 0.05) is 20.1 Å². The van der Waals surface area contributed by atoms with Gasteiger partial charge in [0.15, 0.2) is 0 Å². The summed E-state index contributed by atoms with van der Waals surface area (Å²) in [6.45, 7) is 3.04. The van der Waals surface area contributed by atoms with Crippen LogP contribution in [0.3, 0.4) is 0 Å². The van der Waals surface area contributed by atoms with Crippen LogP contribution in [0.15, 0.2) is 24.3 Å². The summed E-state index contributed by atoms with van der Waals surface area (Å²) >= 11 is 0. The lowest BCUT2D eigenvalue weighted by molar-refractivity contribution is -0.134. The van der Waals surface area contributed by atoms with E-state index in [9.17, 15) is 4.79 Å². The Bertz CT molecular complexity index is 493. The molecule has 0 fully saturated rings. The van der Waals surface area contributed by atoms with E-state index < -0.39 is 0 Å². The number of nitriles is 1. The van der Waals surface area contributed by atoms with Crippen molar-refractivity contribution in [3.8, 4) is 11.8 Å². The molecule has 1 aromatic rings. The third-order valence-corrected chi connectivity index (χ3v) is 3.54. The maximum absolute atomic E-state index is 12.2. The zero-order chi connectivity index (χ0) is 15.8. The highest BCUT2D eigenvalue weighted by atomic mass is 16.5. The molecular weight excluding hydrogens is 266 g/mol. The Morgan fingerprint density at radius 2 is 1.95 bits per heavy atom. The Morgan fingerprint density at radius 1 is 1.33 bits per heavy atom. The Kier molecular flexibility index (Phi) is 6.70. The predicted molar refractivity (Wildman–Crippen MR) is 81.8 cm³/mol. The molecule has 0 aliphatic carbocycles. The summed E-state index contributed by atoms with van der Waals surface area (Å²) in [5.41, 5.74) is 1.12. The first-order valence-corrected chi connectivity index (χ1v) is 6.94. The van der Waals surface area contributed by atoms with Crippen molar-refractivity contribution < 1.29 is 9.53 Å². The zero-order valence-electron chi connectivity index (χ0n) is 13.2.